The molecule has 12 heavy (non-hydrogen) atoms. The van der Waals surface area contributed by atoms with E-state index in [4.69, 9.17) is 0 Å². The van der Waals surface area contributed by atoms with Gasteiger partial charge in [-0.15, -0.1) is 0 Å². The molecule has 0 aromatic heterocycles. The highest BCUT2D eigenvalue weighted by Gasteiger charge is 2.07. The summed E-state index contributed by atoms with van der Waals surface area (Å²) in [6.07, 6.45) is 0.404. The minimum Gasteiger partial charge on any atom is -0.388 e. The number of aryl methyl sites for hydroxylation is 1. The number of benzene rings is 1. The van der Waals surface area contributed by atoms with Crippen molar-refractivity contribution < 1.29 is 5.11 Å². The fraction of sp³-hybridized carbons (Fsp3) is 0.400. The summed E-state index contributed by atoms with van der Waals surface area (Å²) in [6, 6.07) is 6.00. The Morgan fingerprint density at radius 1 is 1.50 bits per heavy atom. The number of hydrogen-bond donors (Lipinski definition) is 1. The van der Waals surface area contributed by atoms with Gasteiger partial charge in [-0.25, -0.2) is 0 Å². The minimum atomic E-state index is -0.347. The van der Waals surface area contributed by atoms with Gasteiger partial charge in [-0.1, -0.05) is 35.0 Å². The predicted octanol–water partition coefficient (Wildman–Crippen LogP) is 3.20. The molecule has 1 nitrogen and oxygen atoms in total. The van der Waals surface area contributed by atoms with Crippen LogP contribution in [0.25, 0.3) is 0 Å². The van der Waals surface area contributed by atoms with Gasteiger partial charge in [0.25, 0.3) is 0 Å². The molecule has 1 aromatic carbocycles. The maximum Gasteiger partial charge on any atom is 0.0798 e. The second-order valence-corrected chi connectivity index (χ2v) is 3.80. The first-order valence-electron chi connectivity index (χ1n) is 4.09. The summed E-state index contributed by atoms with van der Waals surface area (Å²) in [7, 11) is 0. The Kier molecular flexibility index (Phi) is 3.29. The van der Waals surface area contributed by atoms with Crippen molar-refractivity contribution in [3.63, 3.8) is 0 Å². The van der Waals surface area contributed by atoms with Gasteiger partial charge in [-0.2, -0.15) is 0 Å². The van der Waals surface area contributed by atoms with Crippen LogP contribution in [-0.2, 0) is 0 Å². The molecule has 1 unspecified atom stereocenters. The Morgan fingerprint density at radius 3 is 2.67 bits per heavy atom. The van der Waals surface area contributed by atoms with Crippen molar-refractivity contribution in [1.29, 1.82) is 0 Å². The third kappa shape index (κ3) is 2.08. The van der Waals surface area contributed by atoms with Crippen molar-refractivity contribution in [2.24, 2.45) is 0 Å². The van der Waals surface area contributed by atoms with Crippen molar-refractivity contribution in [2.45, 2.75) is 26.4 Å². The zero-order chi connectivity index (χ0) is 9.14. The maximum atomic E-state index is 9.57. The molecular formula is C10H13BrO. The van der Waals surface area contributed by atoms with Crippen LogP contribution in [-0.4, -0.2) is 5.11 Å². The maximum absolute atomic E-state index is 9.57. The van der Waals surface area contributed by atoms with Gasteiger partial charge in [-0.05, 0) is 30.5 Å². The number of aliphatic hydroxyl groups is 1. The second-order valence-electron chi connectivity index (χ2n) is 2.95. The lowest BCUT2D eigenvalue weighted by molar-refractivity contribution is 0.173. The summed E-state index contributed by atoms with van der Waals surface area (Å²) < 4.78 is 0.997. The smallest absolute Gasteiger partial charge is 0.0798 e. The van der Waals surface area contributed by atoms with Gasteiger partial charge in [-0.3, -0.25) is 0 Å². The van der Waals surface area contributed by atoms with Crippen LogP contribution in [0.2, 0.25) is 0 Å². The fourth-order valence-corrected chi connectivity index (χ4v) is 1.88. The normalized spacial score (nSPS) is 13.0. The highest BCUT2D eigenvalue weighted by Crippen LogP contribution is 2.26. The van der Waals surface area contributed by atoms with Gasteiger partial charge in [0.1, 0.15) is 0 Å². The lowest BCUT2D eigenvalue weighted by atomic mass is 10.1. The van der Waals surface area contributed by atoms with E-state index < -0.39 is 0 Å². The van der Waals surface area contributed by atoms with Crippen molar-refractivity contribution in [3.05, 3.63) is 33.8 Å². The highest BCUT2D eigenvalue weighted by atomic mass is 79.9. The molecule has 0 aliphatic carbocycles. The molecule has 1 aromatic rings. The third-order valence-electron chi connectivity index (χ3n) is 1.90. The monoisotopic (exact) mass is 228 g/mol. The SMILES string of the molecule is CCC(O)c1ccc(C)cc1Br. The molecule has 0 fully saturated rings. The van der Waals surface area contributed by atoms with Crippen molar-refractivity contribution >= 4 is 15.9 Å². The largest absolute Gasteiger partial charge is 0.388 e. The molecule has 0 aliphatic rings. The molecular weight excluding hydrogens is 216 g/mol. The lowest BCUT2D eigenvalue weighted by Gasteiger charge is -2.10. The third-order valence-corrected chi connectivity index (χ3v) is 2.59. The van der Waals surface area contributed by atoms with Crippen LogP contribution >= 0.6 is 15.9 Å². The Bertz CT molecular complexity index is 271. The molecule has 0 saturated carbocycles. The summed E-state index contributed by atoms with van der Waals surface area (Å²) in [5.41, 5.74) is 2.18. The Labute approximate surface area is 81.6 Å². The average Bonchev–Trinajstić information content (AvgIpc) is 2.03. The first-order valence-corrected chi connectivity index (χ1v) is 4.88. The quantitative estimate of drug-likeness (QED) is 0.825. The zero-order valence-electron chi connectivity index (χ0n) is 7.34. The van der Waals surface area contributed by atoms with Gasteiger partial charge in [0.05, 0.1) is 6.10 Å². The van der Waals surface area contributed by atoms with Crippen LogP contribution in [0.3, 0.4) is 0 Å². The highest BCUT2D eigenvalue weighted by molar-refractivity contribution is 9.10. The van der Waals surface area contributed by atoms with E-state index >= 15 is 0 Å². The van der Waals surface area contributed by atoms with Crippen molar-refractivity contribution in [2.75, 3.05) is 0 Å². The molecule has 0 radical (unpaired) electrons. The zero-order valence-corrected chi connectivity index (χ0v) is 8.93. The van der Waals surface area contributed by atoms with Crippen molar-refractivity contribution in [3.8, 4) is 0 Å². The standard InChI is InChI=1S/C10H13BrO/c1-3-10(12)8-5-4-7(2)6-9(8)11/h4-6,10,12H,3H2,1-2H3. The summed E-state index contributed by atoms with van der Waals surface area (Å²) in [5.74, 6) is 0. The fourth-order valence-electron chi connectivity index (χ4n) is 1.12. The van der Waals surface area contributed by atoms with Crippen LogP contribution in [0, 0.1) is 6.92 Å². The molecule has 1 N–H and O–H groups in total. The van der Waals surface area contributed by atoms with E-state index in [1.807, 2.05) is 32.0 Å². The minimum absolute atomic E-state index is 0.347. The lowest BCUT2D eigenvalue weighted by Crippen LogP contribution is -1.96. The summed E-state index contributed by atoms with van der Waals surface area (Å²) in [4.78, 5) is 0. The van der Waals surface area contributed by atoms with E-state index in [9.17, 15) is 5.11 Å². The summed E-state index contributed by atoms with van der Waals surface area (Å²) in [5, 5.41) is 9.57. The molecule has 0 spiro atoms. The Morgan fingerprint density at radius 2 is 2.17 bits per heavy atom. The molecule has 1 atom stereocenters. The first-order chi connectivity index (χ1) is 5.65. The van der Waals surface area contributed by atoms with E-state index in [1.54, 1.807) is 0 Å². The van der Waals surface area contributed by atoms with Gasteiger partial charge in [0.15, 0.2) is 0 Å². The second kappa shape index (κ2) is 4.06. The van der Waals surface area contributed by atoms with Gasteiger partial charge >= 0.3 is 0 Å². The topological polar surface area (TPSA) is 20.2 Å². The summed E-state index contributed by atoms with van der Waals surface area (Å²) >= 11 is 3.43. The predicted molar refractivity (Wildman–Crippen MR) is 54.1 cm³/mol. The van der Waals surface area contributed by atoms with Crippen LogP contribution in [0.1, 0.15) is 30.6 Å². The molecule has 0 bridgehead atoms. The van der Waals surface area contributed by atoms with Gasteiger partial charge in [0.2, 0.25) is 0 Å². The van der Waals surface area contributed by atoms with Crippen molar-refractivity contribution in [1.82, 2.24) is 0 Å². The van der Waals surface area contributed by atoms with Gasteiger partial charge < -0.3 is 5.11 Å². The van der Waals surface area contributed by atoms with E-state index in [1.165, 1.54) is 5.56 Å². The van der Waals surface area contributed by atoms with Crippen LogP contribution in [0.4, 0.5) is 0 Å². The van der Waals surface area contributed by atoms with E-state index in [2.05, 4.69) is 15.9 Å². The van der Waals surface area contributed by atoms with Crippen LogP contribution in [0.5, 0.6) is 0 Å². The number of rotatable bonds is 2. The first kappa shape index (κ1) is 9.75. The van der Waals surface area contributed by atoms with E-state index in [-0.39, 0.29) is 6.10 Å². The van der Waals surface area contributed by atoms with Crippen LogP contribution < -0.4 is 0 Å². The molecule has 1 rings (SSSR count). The van der Waals surface area contributed by atoms with E-state index in [0.717, 1.165) is 16.5 Å². The van der Waals surface area contributed by atoms with Gasteiger partial charge in [0, 0.05) is 4.47 Å². The van der Waals surface area contributed by atoms with E-state index in [0.29, 0.717) is 0 Å². The Hall–Kier alpha value is -0.340. The number of aliphatic hydroxyl groups excluding tert-OH is 1. The Balaban J connectivity index is 3.01. The molecule has 66 valence electrons. The average molecular weight is 229 g/mol. The molecule has 0 amide bonds. The molecule has 0 saturated heterocycles. The molecule has 0 aliphatic heterocycles. The number of hydrogen-bond acceptors (Lipinski definition) is 1. The van der Waals surface area contributed by atoms with Crippen LogP contribution in [0.15, 0.2) is 22.7 Å². The number of halogens is 1. The summed E-state index contributed by atoms with van der Waals surface area (Å²) in [6.45, 7) is 4.00. The molecule has 2 heteroatoms. The molecule has 0 heterocycles.